The van der Waals surface area contributed by atoms with Crippen molar-refractivity contribution in [3.63, 3.8) is 0 Å². The molecule has 0 fully saturated rings. The van der Waals surface area contributed by atoms with Crippen LogP contribution in [0.5, 0.6) is 0 Å². The Balaban J connectivity index is 2.63. The van der Waals surface area contributed by atoms with Crippen molar-refractivity contribution in [1.82, 2.24) is 14.4 Å². The average molecular weight is 182 g/mol. The predicted octanol–water partition coefficient (Wildman–Crippen LogP) is 1.69. The zero-order valence-electron chi connectivity index (χ0n) is 7.23. The number of rotatable bonds is 0. The molecule has 0 aliphatic rings. The molecule has 3 aromatic rings. The SMILES string of the molecule is N#Cc1cnc2[nH]c3ccccc3n12. The van der Waals surface area contributed by atoms with Crippen molar-refractivity contribution in [2.45, 2.75) is 0 Å². The highest BCUT2D eigenvalue weighted by Gasteiger charge is 2.07. The first-order valence-electron chi connectivity index (χ1n) is 4.24. The van der Waals surface area contributed by atoms with Crippen LogP contribution in [-0.2, 0) is 0 Å². The number of H-pyrrole nitrogens is 1. The molecule has 0 atom stereocenters. The van der Waals surface area contributed by atoms with E-state index in [-0.39, 0.29) is 0 Å². The summed E-state index contributed by atoms with van der Waals surface area (Å²) in [4.78, 5) is 7.25. The molecule has 3 rings (SSSR count). The topological polar surface area (TPSA) is 56.9 Å². The Bertz CT molecular complexity index is 653. The monoisotopic (exact) mass is 182 g/mol. The first-order chi connectivity index (χ1) is 6.90. The number of benzene rings is 1. The largest absolute Gasteiger partial charge is 0.323 e. The highest BCUT2D eigenvalue weighted by atomic mass is 15.1. The van der Waals surface area contributed by atoms with Crippen LogP contribution in [0.25, 0.3) is 16.8 Å². The van der Waals surface area contributed by atoms with Crippen LogP contribution >= 0.6 is 0 Å². The zero-order chi connectivity index (χ0) is 9.54. The van der Waals surface area contributed by atoms with E-state index in [0.29, 0.717) is 11.5 Å². The molecular weight excluding hydrogens is 176 g/mol. The third-order valence-electron chi connectivity index (χ3n) is 2.27. The van der Waals surface area contributed by atoms with Gasteiger partial charge in [0.05, 0.1) is 17.2 Å². The molecule has 66 valence electrons. The smallest absolute Gasteiger partial charge is 0.213 e. The number of fused-ring (bicyclic) bond motifs is 3. The summed E-state index contributed by atoms with van der Waals surface area (Å²) in [5.74, 6) is 0.711. The maximum Gasteiger partial charge on any atom is 0.213 e. The Hall–Kier alpha value is -2.28. The van der Waals surface area contributed by atoms with Crippen LogP contribution in [0.4, 0.5) is 0 Å². The van der Waals surface area contributed by atoms with Gasteiger partial charge in [0, 0.05) is 0 Å². The minimum absolute atomic E-state index is 0.553. The Morgan fingerprint density at radius 1 is 1.36 bits per heavy atom. The fraction of sp³-hybridized carbons (Fsp3) is 0. The highest BCUT2D eigenvalue weighted by Crippen LogP contribution is 2.16. The van der Waals surface area contributed by atoms with Crippen molar-refractivity contribution >= 4 is 16.8 Å². The van der Waals surface area contributed by atoms with Gasteiger partial charge in [-0.25, -0.2) is 4.98 Å². The third kappa shape index (κ3) is 0.735. The van der Waals surface area contributed by atoms with Gasteiger partial charge in [-0.2, -0.15) is 5.26 Å². The molecular formula is C10H6N4. The second-order valence-corrected chi connectivity index (χ2v) is 3.06. The summed E-state index contributed by atoms with van der Waals surface area (Å²) in [6, 6.07) is 9.92. The van der Waals surface area contributed by atoms with Crippen molar-refractivity contribution in [3.05, 3.63) is 36.2 Å². The van der Waals surface area contributed by atoms with E-state index in [9.17, 15) is 0 Å². The van der Waals surface area contributed by atoms with Crippen LogP contribution in [0.2, 0.25) is 0 Å². The van der Waals surface area contributed by atoms with Gasteiger partial charge >= 0.3 is 0 Å². The molecule has 0 unspecified atom stereocenters. The van der Waals surface area contributed by atoms with Crippen molar-refractivity contribution in [3.8, 4) is 6.07 Å². The van der Waals surface area contributed by atoms with Crippen LogP contribution < -0.4 is 0 Å². The summed E-state index contributed by atoms with van der Waals surface area (Å²) in [6.45, 7) is 0. The van der Waals surface area contributed by atoms with E-state index in [4.69, 9.17) is 5.26 Å². The van der Waals surface area contributed by atoms with E-state index in [1.165, 1.54) is 0 Å². The van der Waals surface area contributed by atoms with Gasteiger partial charge in [0.1, 0.15) is 11.8 Å². The van der Waals surface area contributed by atoms with Crippen molar-refractivity contribution < 1.29 is 0 Å². The lowest BCUT2D eigenvalue weighted by Crippen LogP contribution is -1.83. The van der Waals surface area contributed by atoms with E-state index in [0.717, 1.165) is 11.0 Å². The number of aromatic nitrogens is 3. The zero-order valence-corrected chi connectivity index (χ0v) is 7.23. The van der Waals surface area contributed by atoms with Crippen LogP contribution in [0, 0.1) is 11.3 Å². The van der Waals surface area contributed by atoms with Gasteiger partial charge in [-0.15, -0.1) is 0 Å². The summed E-state index contributed by atoms with van der Waals surface area (Å²) < 4.78 is 1.81. The molecule has 0 saturated heterocycles. The molecule has 0 aliphatic heterocycles. The maximum absolute atomic E-state index is 8.88. The molecule has 14 heavy (non-hydrogen) atoms. The number of aromatic amines is 1. The molecule has 0 amide bonds. The van der Waals surface area contributed by atoms with Crippen LogP contribution in [0.3, 0.4) is 0 Å². The van der Waals surface area contributed by atoms with Gasteiger partial charge in [-0.1, -0.05) is 12.1 Å². The lowest BCUT2D eigenvalue weighted by Gasteiger charge is -1.89. The molecule has 0 aliphatic carbocycles. The highest BCUT2D eigenvalue weighted by molar-refractivity contribution is 5.80. The van der Waals surface area contributed by atoms with Gasteiger partial charge in [-0.05, 0) is 12.1 Å². The molecule has 4 nitrogen and oxygen atoms in total. The molecule has 0 spiro atoms. The van der Waals surface area contributed by atoms with Crippen LogP contribution in [0.15, 0.2) is 30.5 Å². The molecule has 2 aromatic heterocycles. The number of hydrogen-bond acceptors (Lipinski definition) is 2. The third-order valence-corrected chi connectivity index (χ3v) is 2.27. The minimum Gasteiger partial charge on any atom is -0.323 e. The number of nitrogens with one attached hydrogen (secondary N) is 1. The second kappa shape index (κ2) is 2.36. The Morgan fingerprint density at radius 2 is 2.21 bits per heavy atom. The molecule has 4 heteroatoms. The number of nitriles is 1. The van der Waals surface area contributed by atoms with Crippen molar-refractivity contribution in [2.24, 2.45) is 0 Å². The van der Waals surface area contributed by atoms with Gasteiger partial charge < -0.3 is 4.98 Å². The summed E-state index contributed by atoms with van der Waals surface area (Å²) in [5.41, 5.74) is 2.53. The molecule has 1 N–H and O–H groups in total. The summed E-state index contributed by atoms with van der Waals surface area (Å²) in [5, 5.41) is 8.88. The van der Waals surface area contributed by atoms with Crippen LogP contribution in [-0.4, -0.2) is 14.4 Å². The fourth-order valence-electron chi connectivity index (χ4n) is 1.66. The van der Waals surface area contributed by atoms with Gasteiger partial charge in [0.25, 0.3) is 0 Å². The predicted molar refractivity (Wildman–Crippen MR) is 51.8 cm³/mol. The van der Waals surface area contributed by atoms with Gasteiger partial charge in [-0.3, -0.25) is 4.40 Å². The Morgan fingerprint density at radius 3 is 3.07 bits per heavy atom. The van der Waals surface area contributed by atoms with E-state index in [1.54, 1.807) is 6.20 Å². The molecule has 2 heterocycles. The van der Waals surface area contributed by atoms with E-state index < -0.39 is 0 Å². The van der Waals surface area contributed by atoms with E-state index in [2.05, 4.69) is 16.0 Å². The average Bonchev–Trinajstić information content (AvgIpc) is 2.75. The molecule has 0 saturated carbocycles. The van der Waals surface area contributed by atoms with Gasteiger partial charge in [0.15, 0.2) is 0 Å². The maximum atomic E-state index is 8.88. The van der Waals surface area contributed by atoms with Crippen molar-refractivity contribution in [2.75, 3.05) is 0 Å². The lowest BCUT2D eigenvalue weighted by molar-refractivity contribution is 1.21. The standard InChI is InChI=1S/C10H6N4/c11-5-7-6-12-10-13-8-3-1-2-4-9(8)14(7)10/h1-4,6H,(H,12,13). The van der Waals surface area contributed by atoms with Crippen molar-refractivity contribution in [1.29, 1.82) is 5.26 Å². The quantitative estimate of drug-likeness (QED) is 0.575. The van der Waals surface area contributed by atoms with Crippen LogP contribution in [0.1, 0.15) is 5.69 Å². The summed E-state index contributed by atoms with van der Waals surface area (Å²) in [7, 11) is 0. The Labute approximate surface area is 79.4 Å². The Kier molecular flexibility index (Phi) is 1.21. The molecule has 0 radical (unpaired) electrons. The minimum atomic E-state index is 0.553. The lowest BCUT2D eigenvalue weighted by atomic mass is 10.3. The first-order valence-corrected chi connectivity index (χ1v) is 4.24. The number of nitrogens with zero attached hydrogens (tertiary/aromatic N) is 3. The number of imidazole rings is 2. The second-order valence-electron chi connectivity index (χ2n) is 3.06. The number of para-hydroxylation sites is 2. The number of hydrogen-bond donors (Lipinski definition) is 1. The van der Waals surface area contributed by atoms with E-state index in [1.807, 2.05) is 28.7 Å². The summed E-state index contributed by atoms with van der Waals surface area (Å²) >= 11 is 0. The normalized spacial score (nSPS) is 10.8. The fourth-order valence-corrected chi connectivity index (χ4v) is 1.66. The molecule has 1 aromatic carbocycles. The van der Waals surface area contributed by atoms with Gasteiger partial charge in [0.2, 0.25) is 5.78 Å². The van der Waals surface area contributed by atoms with E-state index >= 15 is 0 Å². The molecule has 0 bridgehead atoms. The first kappa shape index (κ1) is 7.15. The summed E-state index contributed by atoms with van der Waals surface area (Å²) in [6.07, 6.45) is 1.57.